The lowest BCUT2D eigenvalue weighted by molar-refractivity contribution is -0.804. The van der Waals surface area contributed by atoms with Crippen molar-refractivity contribution in [2.75, 3.05) is 26.3 Å². The minimum atomic E-state index is -5.17. The van der Waals surface area contributed by atoms with E-state index in [2.05, 4.69) is 50.3 Å². The molecule has 0 aromatic carbocycles. The molecule has 2 unspecified atom stereocenters. The van der Waals surface area contributed by atoms with Crippen LogP contribution in [-0.4, -0.2) is 65.0 Å². The Balaban J connectivity index is 0.000000457. The number of allylic oxidation sites excluding steroid dienone is 6. The van der Waals surface area contributed by atoms with Crippen LogP contribution >= 0.6 is 0 Å². The van der Waals surface area contributed by atoms with Crippen molar-refractivity contribution in [1.82, 2.24) is 0 Å². The highest BCUT2D eigenvalue weighted by Crippen LogP contribution is 2.21. The van der Waals surface area contributed by atoms with Crippen LogP contribution in [-0.2, 0) is 10.4 Å². The summed E-state index contributed by atoms with van der Waals surface area (Å²) in [5, 5.41) is 17.6. The summed E-state index contributed by atoms with van der Waals surface area (Å²) in [6.07, 6.45) is 14.6. The van der Waals surface area contributed by atoms with Crippen LogP contribution in [0.1, 0.15) is 26.7 Å². The van der Waals surface area contributed by atoms with E-state index in [1.54, 1.807) is 0 Å². The molecule has 4 aliphatic rings. The second-order valence-corrected chi connectivity index (χ2v) is 7.58. The van der Waals surface area contributed by atoms with Gasteiger partial charge in [0.2, 0.25) is 0 Å². The summed E-state index contributed by atoms with van der Waals surface area (Å²) < 4.78 is 34.1. The average molecular weight is 461 g/mol. The summed E-state index contributed by atoms with van der Waals surface area (Å²) in [5.74, 6) is 0. The van der Waals surface area contributed by atoms with Gasteiger partial charge in [-0.15, -0.1) is 0 Å². The zero-order valence-corrected chi connectivity index (χ0v) is 18.5. The predicted molar refractivity (Wildman–Crippen MR) is 113 cm³/mol. The Morgan fingerprint density at radius 1 is 0.774 bits per heavy atom. The summed E-state index contributed by atoms with van der Waals surface area (Å²) in [4.78, 5) is 2.91. The minimum absolute atomic E-state index is 0. The van der Waals surface area contributed by atoms with E-state index in [4.69, 9.17) is 27.7 Å². The van der Waals surface area contributed by atoms with Crippen LogP contribution in [0.3, 0.4) is 0 Å². The Labute approximate surface area is 182 Å². The second-order valence-electron chi connectivity index (χ2n) is 6.76. The molecule has 0 saturated carbocycles. The van der Waals surface area contributed by atoms with E-state index < -0.39 is 10.4 Å². The Morgan fingerprint density at radius 3 is 1.32 bits per heavy atom. The van der Waals surface area contributed by atoms with Gasteiger partial charge in [-0.05, 0) is 13.8 Å². The van der Waals surface area contributed by atoms with Gasteiger partial charge in [0.05, 0.1) is 13.1 Å². The van der Waals surface area contributed by atoms with E-state index in [1.165, 1.54) is 43.7 Å². The van der Waals surface area contributed by atoms with Crippen LogP contribution in [0.2, 0.25) is 0 Å². The monoisotopic (exact) mass is 460 g/mol. The van der Waals surface area contributed by atoms with E-state index in [-0.39, 0.29) is 24.2 Å². The number of nitrogens with one attached hydrogen (secondary N) is 2. The summed E-state index contributed by atoms with van der Waals surface area (Å²) in [5.41, 5.74) is 8.06. The quantitative estimate of drug-likeness (QED) is 0.241. The molecule has 31 heavy (non-hydrogen) atoms. The molecule has 0 spiro atoms. The predicted octanol–water partition coefficient (Wildman–Crippen LogP) is -3.00. The fourth-order valence-corrected chi connectivity index (χ4v) is 3.91. The van der Waals surface area contributed by atoms with Crippen molar-refractivity contribution in [2.45, 2.75) is 26.7 Å². The number of likely N-dealkylation sites (N-methyl/N-ethyl adjacent to an activating group) is 2. The molecule has 0 radical (unpaired) electrons. The van der Waals surface area contributed by atoms with Crippen molar-refractivity contribution in [2.24, 2.45) is 0 Å². The highest BCUT2D eigenvalue weighted by Gasteiger charge is 2.31. The third kappa shape index (κ3) is 7.61. The second kappa shape index (κ2) is 12.8. The number of hydrogen-bond donors (Lipinski definition) is 4. The molecule has 176 valence electrons. The van der Waals surface area contributed by atoms with Crippen LogP contribution in [0.4, 0.5) is 0 Å². The molecular weight excluding hydrogens is 428 g/mol. The highest BCUT2D eigenvalue weighted by molar-refractivity contribution is 7.79. The number of aliphatic hydroxyl groups is 2. The van der Waals surface area contributed by atoms with E-state index in [1.807, 2.05) is 0 Å². The van der Waals surface area contributed by atoms with Crippen LogP contribution in [0.15, 0.2) is 70.4 Å². The van der Waals surface area contributed by atoms with Crippen molar-refractivity contribution < 1.29 is 48.5 Å². The normalized spacial score (nSPS) is 21.6. The van der Waals surface area contributed by atoms with E-state index >= 15 is 0 Å². The molecule has 0 aliphatic carbocycles. The smallest absolute Gasteiger partial charge is 0.140 e. The van der Waals surface area contributed by atoms with Crippen molar-refractivity contribution in [3.05, 3.63) is 70.4 Å². The zero-order valence-electron chi connectivity index (χ0n) is 17.6. The molecule has 11 heteroatoms. The molecule has 0 saturated heterocycles. The number of rotatable bonds is 6. The van der Waals surface area contributed by atoms with Crippen molar-refractivity contribution in [1.29, 1.82) is 0 Å². The first-order valence-electron chi connectivity index (χ1n) is 9.60. The van der Waals surface area contributed by atoms with Gasteiger partial charge in [-0.1, -0.05) is 0 Å². The van der Waals surface area contributed by atoms with Crippen molar-refractivity contribution >= 4 is 10.4 Å². The van der Waals surface area contributed by atoms with Gasteiger partial charge in [0, 0.05) is 84.1 Å². The summed E-state index contributed by atoms with van der Waals surface area (Å²) in [7, 11) is -5.17. The molecule has 4 rings (SSSR count). The van der Waals surface area contributed by atoms with Crippen molar-refractivity contribution in [3.8, 4) is 0 Å². The molecular formula is C20H32N2O8S. The molecule has 0 aromatic rings. The van der Waals surface area contributed by atoms with Gasteiger partial charge in [-0.25, -0.2) is 0 Å². The summed E-state index contributed by atoms with van der Waals surface area (Å²) >= 11 is 0. The first-order valence-corrected chi connectivity index (χ1v) is 10.9. The molecule has 0 amide bonds. The standard InChI is InChI=1S/2C10H13NO.H2O4S.2H2O/c2*1-2-11-9-3-4-10(11)8(7-9)5-6-12;1-5(2,3)4;;/h2*3-4,7,12H,2,5-6H2,1H3;(H2,1,2,3,4);2*1H2. The molecule has 2 atom stereocenters. The lowest BCUT2D eigenvalue weighted by atomic mass is 10.1. The van der Waals surface area contributed by atoms with Crippen LogP contribution in [0, 0.1) is 0 Å². The third-order valence-corrected chi connectivity index (χ3v) is 5.03. The molecule has 4 heterocycles. The maximum Gasteiger partial charge on any atom is 0.140 e. The first kappa shape index (κ1) is 29.1. The Kier molecular flexibility index (Phi) is 12.0. The van der Waals surface area contributed by atoms with E-state index in [9.17, 15) is 0 Å². The van der Waals surface area contributed by atoms with E-state index in [0.717, 1.165) is 25.9 Å². The molecule has 4 bridgehead atoms. The number of hydrogen-bond acceptors (Lipinski definition) is 6. The fourth-order valence-electron chi connectivity index (χ4n) is 3.91. The lowest BCUT2D eigenvalue weighted by Crippen LogP contribution is -3.05. The lowest BCUT2D eigenvalue weighted by Gasteiger charge is -2.08. The third-order valence-electron chi connectivity index (χ3n) is 5.03. The summed E-state index contributed by atoms with van der Waals surface area (Å²) in [6, 6.07) is 0. The minimum Gasteiger partial charge on any atom is -0.759 e. The molecule has 8 N–H and O–H groups in total. The zero-order chi connectivity index (χ0) is 21.6. The Morgan fingerprint density at radius 2 is 1.10 bits per heavy atom. The fraction of sp³-hybridized carbons (Fsp3) is 0.400. The largest absolute Gasteiger partial charge is 0.759 e. The molecule has 0 aromatic heterocycles. The maximum absolute atomic E-state index is 8.82. The van der Waals surface area contributed by atoms with Crippen LogP contribution in [0.25, 0.3) is 0 Å². The van der Waals surface area contributed by atoms with Crippen LogP contribution < -0.4 is 9.80 Å². The Hall–Kier alpha value is -1.93. The Bertz CT molecular complexity index is 845. The number of fused-ring (bicyclic) bond motifs is 4. The van der Waals surface area contributed by atoms with Gasteiger partial charge in [0.25, 0.3) is 0 Å². The van der Waals surface area contributed by atoms with Crippen molar-refractivity contribution in [3.63, 3.8) is 0 Å². The maximum atomic E-state index is 8.82. The first-order chi connectivity index (χ1) is 13.7. The van der Waals surface area contributed by atoms with Gasteiger partial charge in [0.15, 0.2) is 0 Å². The van der Waals surface area contributed by atoms with Gasteiger partial charge < -0.3 is 30.3 Å². The summed E-state index contributed by atoms with van der Waals surface area (Å²) in [6.45, 7) is 7.07. The number of quaternary nitrogens is 2. The molecule has 4 aliphatic heterocycles. The van der Waals surface area contributed by atoms with Gasteiger partial charge in [-0.2, -0.15) is 0 Å². The van der Waals surface area contributed by atoms with Crippen LogP contribution in [0.5, 0.6) is 0 Å². The molecule has 10 nitrogen and oxygen atoms in total. The number of aliphatic hydroxyl groups excluding tert-OH is 2. The highest BCUT2D eigenvalue weighted by atomic mass is 32.3. The average Bonchev–Trinajstić information content (AvgIpc) is 3.39. The van der Waals surface area contributed by atoms with Gasteiger partial charge in [-0.3, -0.25) is 18.2 Å². The SMILES string of the molecule is CC[NH+]1C2=CC(CCO)=C1C=C2.CC[NH+]1C2=CC(CCO)=C1C=C2.O.O.O=S(=O)([O-])[O-]. The molecule has 0 fully saturated rings. The van der Waals surface area contributed by atoms with Gasteiger partial charge in [0.1, 0.15) is 22.8 Å². The topological polar surface area (TPSA) is 193 Å². The van der Waals surface area contributed by atoms with E-state index in [0.29, 0.717) is 0 Å². The van der Waals surface area contributed by atoms with Gasteiger partial charge >= 0.3 is 0 Å².